The molecule has 4 aliphatic rings. The molecule has 0 spiro atoms. The van der Waals surface area contributed by atoms with Gasteiger partial charge in [-0.15, -0.1) is 20.4 Å². The van der Waals surface area contributed by atoms with Gasteiger partial charge < -0.3 is 42.3 Å². The number of anilines is 2. The third-order valence-electron chi connectivity index (χ3n) is 13.0. The molecule has 2 aliphatic carbocycles. The summed E-state index contributed by atoms with van der Waals surface area (Å²) in [7, 11) is 0. The van der Waals surface area contributed by atoms with E-state index in [2.05, 4.69) is 52.3 Å². The molecule has 4 aromatic carbocycles. The number of carbonyl (C=O) groups is 2. The largest absolute Gasteiger partial charge is 0.421 e. The highest BCUT2D eigenvalue weighted by atomic mass is 79.9. The fraction of sp³-hybridized carbons (Fsp3) is 0.370. The lowest BCUT2D eigenvalue weighted by atomic mass is 10.1. The maximum absolute atomic E-state index is 14.7. The number of aromatic nitrogens is 4. The van der Waals surface area contributed by atoms with Crippen LogP contribution >= 0.6 is 31.9 Å². The van der Waals surface area contributed by atoms with Gasteiger partial charge in [-0.3, -0.25) is 9.59 Å². The third kappa shape index (κ3) is 11.5. The highest BCUT2D eigenvalue weighted by Gasteiger charge is 2.42. The molecule has 73 heavy (non-hydrogen) atoms. The monoisotopic (exact) mass is 1120 g/mol. The summed E-state index contributed by atoms with van der Waals surface area (Å²) < 4.78 is 73.1. The van der Waals surface area contributed by atoms with Gasteiger partial charge in [0.2, 0.25) is 23.6 Å². The van der Waals surface area contributed by atoms with Crippen LogP contribution in [0.1, 0.15) is 94.5 Å². The van der Waals surface area contributed by atoms with Gasteiger partial charge in [0.1, 0.15) is 11.6 Å². The van der Waals surface area contributed by atoms with E-state index in [1.54, 1.807) is 47.9 Å². The average molecular weight is 1130 g/mol. The van der Waals surface area contributed by atoms with E-state index in [9.17, 15) is 18.4 Å². The van der Waals surface area contributed by atoms with Crippen molar-refractivity contribution in [2.45, 2.75) is 76.7 Å². The van der Waals surface area contributed by atoms with Crippen molar-refractivity contribution in [1.29, 1.82) is 0 Å². The second-order valence-electron chi connectivity index (χ2n) is 18.3. The zero-order valence-electron chi connectivity index (χ0n) is 40.2. The Balaban J connectivity index is 0.726. The molecule has 19 heteroatoms. The van der Waals surface area contributed by atoms with Gasteiger partial charge in [-0.2, -0.15) is 0 Å². The van der Waals surface area contributed by atoms with E-state index in [4.69, 9.17) is 32.5 Å². The number of rotatable bonds is 22. The Labute approximate surface area is 437 Å². The minimum Gasteiger partial charge on any atom is -0.421 e. The first kappa shape index (κ1) is 50.7. The van der Waals surface area contributed by atoms with Crippen molar-refractivity contribution in [3.05, 3.63) is 154 Å². The molecular weight excluding hydrogens is 1070 g/mol. The van der Waals surface area contributed by atoms with Gasteiger partial charge >= 0.3 is 0 Å². The van der Waals surface area contributed by atoms with Crippen LogP contribution in [0, 0.1) is 25.5 Å². The zero-order chi connectivity index (χ0) is 50.6. The summed E-state index contributed by atoms with van der Waals surface area (Å²) in [6.45, 7) is 4.92. The second-order valence-corrected chi connectivity index (χ2v) is 19.9. The van der Waals surface area contributed by atoms with E-state index in [0.717, 1.165) is 25.7 Å². The van der Waals surface area contributed by atoms with Crippen LogP contribution in [0.3, 0.4) is 0 Å². The summed E-state index contributed by atoms with van der Waals surface area (Å²) in [4.78, 5) is 32.5. The lowest BCUT2D eigenvalue weighted by Gasteiger charge is -2.27. The Bertz CT molecular complexity index is 2860. The summed E-state index contributed by atoms with van der Waals surface area (Å²) in [5.74, 6) is 0.279. The number of ether oxygens (including phenoxy) is 5. The van der Waals surface area contributed by atoms with Gasteiger partial charge in [0, 0.05) is 31.9 Å². The number of benzene rings is 4. The summed E-state index contributed by atoms with van der Waals surface area (Å²) in [6, 6.07) is 24.8. The quantitative estimate of drug-likeness (QED) is 0.0591. The minimum absolute atomic E-state index is 0.0375. The van der Waals surface area contributed by atoms with Gasteiger partial charge in [0.15, 0.2) is 12.2 Å². The van der Waals surface area contributed by atoms with Gasteiger partial charge in [-0.05, 0) is 118 Å². The molecule has 2 fully saturated rings. The maximum Gasteiger partial charge on any atom is 0.261 e. The number of carbonyl (C=O) groups excluding carboxylic acids is 2. The predicted octanol–water partition coefficient (Wildman–Crippen LogP) is 10.2. The van der Waals surface area contributed by atoms with Gasteiger partial charge in [0.25, 0.3) is 11.8 Å². The first-order valence-electron chi connectivity index (χ1n) is 24.3. The fourth-order valence-electron chi connectivity index (χ4n) is 8.63. The van der Waals surface area contributed by atoms with Gasteiger partial charge in [0.05, 0.1) is 88.5 Å². The SMILES string of the molecule is Cc1ccc(CN2C(=O)C(OCCOCCOCCOCCOC3C(=O)N(Cc4ccc(C)c(F)c4)c4ccccc4C(Br)=C3c3nnc(C4CC4)o3)C(c3nnc(C4CC4)o3)=C(Br)c3ccccc32)cc1F. The molecular formula is C54H52Br2F2N6O9. The molecule has 0 N–H and O–H groups in total. The maximum atomic E-state index is 14.7. The van der Waals surface area contributed by atoms with Crippen LogP contribution in [-0.2, 0) is 46.4 Å². The van der Waals surface area contributed by atoms with Crippen LogP contribution in [0.2, 0.25) is 0 Å². The smallest absolute Gasteiger partial charge is 0.261 e. The number of halogens is 4. The van der Waals surface area contributed by atoms with E-state index >= 15 is 0 Å². The summed E-state index contributed by atoms with van der Waals surface area (Å²) in [5.41, 5.74) is 5.68. The predicted molar refractivity (Wildman–Crippen MR) is 274 cm³/mol. The molecule has 2 aliphatic heterocycles. The number of para-hydroxylation sites is 2. The third-order valence-corrected chi connectivity index (χ3v) is 14.7. The standard InChI is InChI=1S/C54H52Br2F2N6O9/c1-31-11-13-33(27-39(31)57)29-63-41-9-5-3-7-37(41)45(55)43(51-61-59-49(72-51)35-15-16-35)47(53(63)65)70-25-23-68-21-19-67-20-22-69-24-26-71-48-44(52-62-60-50(73-52)36-17-18-36)46(56)38-8-4-6-10-42(38)64(54(48)66)30-34-14-12-32(2)40(58)28-34/h3-14,27-28,35-36,47-48H,15-26,29-30H2,1-2H3. The number of nitrogens with zero attached hydrogens (tertiary/aromatic N) is 6. The van der Waals surface area contributed by atoms with Crippen LogP contribution in [0.15, 0.2) is 93.8 Å². The molecule has 2 atom stereocenters. The number of amides is 2. The number of fused-ring (bicyclic) bond motifs is 2. The summed E-state index contributed by atoms with van der Waals surface area (Å²) in [5, 5.41) is 17.3. The molecule has 2 saturated carbocycles. The lowest BCUT2D eigenvalue weighted by molar-refractivity contribution is -0.128. The highest BCUT2D eigenvalue weighted by molar-refractivity contribution is 9.15. The van der Waals surface area contributed by atoms with Crippen LogP contribution in [0.25, 0.3) is 20.1 Å². The van der Waals surface area contributed by atoms with E-state index in [1.807, 2.05) is 48.5 Å². The molecule has 2 aromatic heterocycles. The Hall–Kier alpha value is -5.80. The molecule has 380 valence electrons. The van der Waals surface area contributed by atoms with Gasteiger partial charge in [-0.25, -0.2) is 8.78 Å². The van der Waals surface area contributed by atoms with Crippen LogP contribution < -0.4 is 9.80 Å². The van der Waals surface area contributed by atoms with E-state index in [1.165, 1.54) is 12.1 Å². The molecule has 0 bridgehead atoms. The number of hydrogen-bond acceptors (Lipinski definition) is 13. The number of hydrogen-bond donors (Lipinski definition) is 0. The molecule has 10 rings (SSSR count). The Morgan fingerprint density at radius 1 is 0.548 bits per heavy atom. The topological polar surface area (TPSA) is 165 Å². The minimum atomic E-state index is -1.17. The number of aryl methyl sites for hydroxylation is 2. The highest BCUT2D eigenvalue weighted by Crippen LogP contribution is 2.47. The Morgan fingerprint density at radius 2 is 0.932 bits per heavy atom. The van der Waals surface area contributed by atoms with Crippen molar-refractivity contribution in [3.8, 4) is 0 Å². The second kappa shape index (κ2) is 22.8. The molecule has 2 amide bonds. The molecule has 4 heterocycles. The van der Waals surface area contributed by atoms with Crippen LogP contribution in [-0.4, -0.2) is 97.3 Å². The average Bonchev–Trinajstić information content (AvgIpc) is 4.34. The van der Waals surface area contributed by atoms with E-state index in [0.29, 0.717) is 76.6 Å². The summed E-state index contributed by atoms with van der Waals surface area (Å²) >= 11 is 7.55. The molecule has 15 nitrogen and oxygen atoms in total. The first-order valence-corrected chi connectivity index (χ1v) is 25.9. The molecule has 2 unspecified atom stereocenters. The molecule has 6 aromatic rings. The van der Waals surface area contributed by atoms with E-state index in [-0.39, 0.29) is 113 Å². The van der Waals surface area contributed by atoms with Crippen molar-refractivity contribution < 1.29 is 50.9 Å². The van der Waals surface area contributed by atoms with Crippen LogP contribution in [0.4, 0.5) is 20.2 Å². The Kier molecular flexibility index (Phi) is 15.8. The van der Waals surface area contributed by atoms with Crippen molar-refractivity contribution in [2.75, 3.05) is 62.7 Å². The molecule has 0 radical (unpaired) electrons. The molecule has 0 saturated heterocycles. The van der Waals surface area contributed by atoms with Crippen LogP contribution in [0.5, 0.6) is 0 Å². The summed E-state index contributed by atoms with van der Waals surface area (Å²) in [6.07, 6.45) is 1.48. The fourth-order valence-corrected chi connectivity index (χ4v) is 10.1. The van der Waals surface area contributed by atoms with Crippen molar-refractivity contribution in [2.24, 2.45) is 0 Å². The normalized spacial score (nSPS) is 18.1. The lowest BCUT2D eigenvalue weighted by Crippen LogP contribution is -2.41. The van der Waals surface area contributed by atoms with Crippen molar-refractivity contribution in [3.63, 3.8) is 0 Å². The van der Waals surface area contributed by atoms with Crippen molar-refractivity contribution >= 4 is 75.2 Å². The van der Waals surface area contributed by atoms with Gasteiger partial charge in [-0.1, -0.05) is 60.7 Å². The van der Waals surface area contributed by atoms with E-state index < -0.39 is 12.2 Å². The van der Waals surface area contributed by atoms with Crippen molar-refractivity contribution in [1.82, 2.24) is 20.4 Å². The zero-order valence-corrected chi connectivity index (χ0v) is 43.3. The first-order chi connectivity index (χ1) is 35.5. The Morgan fingerprint density at radius 3 is 1.32 bits per heavy atom.